The van der Waals surface area contributed by atoms with Crippen molar-refractivity contribution in [2.75, 3.05) is 0 Å². The summed E-state index contributed by atoms with van der Waals surface area (Å²) in [5.74, 6) is 0. The van der Waals surface area contributed by atoms with Crippen LogP contribution in [0.1, 0.15) is 16.7 Å². The molecule has 2 amide bonds. The summed E-state index contributed by atoms with van der Waals surface area (Å²) in [7, 11) is -4.47. The number of halogens is 6. The molecule has 2 aromatic rings. The van der Waals surface area contributed by atoms with Gasteiger partial charge in [0.15, 0.2) is 0 Å². The van der Waals surface area contributed by atoms with Crippen molar-refractivity contribution in [3.63, 3.8) is 0 Å². The fourth-order valence-electron chi connectivity index (χ4n) is 2.08. The standard InChI is InChI=1S/C16H12F6N2O3S/c17-15(18,19)11-4-6-13(7-5-11)28(26,27)24-14(25)23-9-10-2-1-3-12(8-10)16(20,21)22/h1-8H,9H2,(H2,23,24,25). The maximum Gasteiger partial charge on any atom is 0.416 e. The van der Waals surface area contributed by atoms with E-state index in [1.807, 2.05) is 0 Å². The summed E-state index contributed by atoms with van der Waals surface area (Å²) < 4.78 is 101. The molecule has 0 aliphatic carbocycles. The van der Waals surface area contributed by atoms with Gasteiger partial charge >= 0.3 is 18.4 Å². The van der Waals surface area contributed by atoms with E-state index in [9.17, 15) is 39.6 Å². The molecule has 0 heterocycles. The average molecular weight is 426 g/mol. The largest absolute Gasteiger partial charge is 0.416 e. The maximum absolute atomic E-state index is 12.6. The van der Waals surface area contributed by atoms with E-state index >= 15 is 0 Å². The van der Waals surface area contributed by atoms with Crippen LogP contribution in [-0.4, -0.2) is 14.4 Å². The zero-order valence-electron chi connectivity index (χ0n) is 13.7. The monoisotopic (exact) mass is 426 g/mol. The fraction of sp³-hybridized carbons (Fsp3) is 0.188. The number of carbonyl (C=O) groups is 1. The zero-order valence-corrected chi connectivity index (χ0v) is 14.5. The summed E-state index contributed by atoms with van der Waals surface area (Å²) in [5, 5.41) is 2.06. The molecule has 0 aliphatic heterocycles. The van der Waals surface area contributed by atoms with Crippen LogP contribution in [0.4, 0.5) is 31.1 Å². The van der Waals surface area contributed by atoms with Gasteiger partial charge in [-0.2, -0.15) is 26.3 Å². The summed E-state index contributed by atoms with van der Waals surface area (Å²) in [5.41, 5.74) is -1.94. The van der Waals surface area contributed by atoms with Crippen LogP contribution >= 0.6 is 0 Å². The van der Waals surface area contributed by atoms with Crippen molar-refractivity contribution in [1.82, 2.24) is 10.0 Å². The normalized spacial score (nSPS) is 12.5. The van der Waals surface area contributed by atoms with Gasteiger partial charge in [0.1, 0.15) is 0 Å². The maximum atomic E-state index is 12.6. The Kier molecular flexibility index (Phi) is 5.92. The van der Waals surface area contributed by atoms with Crippen LogP contribution in [0.2, 0.25) is 0 Å². The minimum atomic E-state index is -4.65. The quantitative estimate of drug-likeness (QED) is 0.728. The highest BCUT2D eigenvalue weighted by atomic mass is 32.2. The highest BCUT2D eigenvalue weighted by Crippen LogP contribution is 2.30. The molecule has 28 heavy (non-hydrogen) atoms. The van der Waals surface area contributed by atoms with Crippen molar-refractivity contribution in [2.24, 2.45) is 0 Å². The highest BCUT2D eigenvalue weighted by Gasteiger charge is 2.31. The Morgan fingerprint density at radius 3 is 1.96 bits per heavy atom. The molecule has 12 heteroatoms. The summed E-state index contributed by atoms with van der Waals surface area (Å²) in [6.07, 6.45) is -9.23. The van der Waals surface area contributed by atoms with E-state index in [4.69, 9.17) is 0 Å². The average Bonchev–Trinajstić information content (AvgIpc) is 2.58. The summed E-state index contributed by atoms with van der Waals surface area (Å²) in [4.78, 5) is 11.1. The van der Waals surface area contributed by atoms with Crippen molar-refractivity contribution in [3.8, 4) is 0 Å². The van der Waals surface area contributed by atoms with Crippen molar-refractivity contribution >= 4 is 16.1 Å². The number of sulfonamides is 1. The first-order valence-corrected chi connectivity index (χ1v) is 8.91. The zero-order chi connectivity index (χ0) is 21.2. The van der Waals surface area contributed by atoms with Crippen LogP contribution in [0.25, 0.3) is 0 Å². The second-order valence-electron chi connectivity index (χ2n) is 5.51. The van der Waals surface area contributed by atoms with Gasteiger partial charge in [-0.1, -0.05) is 12.1 Å². The van der Waals surface area contributed by atoms with E-state index in [0.717, 1.165) is 18.2 Å². The first kappa shape index (κ1) is 21.5. The Balaban J connectivity index is 2.02. The number of urea groups is 1. The molecule has 0 saturated heterocycles. The number of hydrogen-bond donors (Lipinski definition) is 2. The molecular weight excluding hydrogens is 414 g/mol. The van der Waals surface area contributed by atoms with Gasteiger partial charge in [0.2, 0.25) is 0 Å². The van der Waals surface area contributed by atoms with Crippen LogP contribution in [-0.2, 0) is 28.9 Å². The smallest absolute Gasteiger partial charge is 0.333 e. The topological polar surface area (TPSA) is 75.3 Å². The lowest BCUT2D eigenvalue weighted by atomic mass is 10.1. The molecule has 0 unspecified atom stereocenters. The van der Waals surface area contributed by atoms with Crippen molar-refractivity contribution < 1.29 is 39.6 Å². The second kappa shape index (κ2) is 7.70. The molecule has 0 spiro atoms. The Bertz CT molecular complexity index is 954. The first-order valence-electron chi connectivity index (χ1n) is 7.43. The van der Waals surface area contributed by atoms with Crippen molar-refractivity contribution in [1.29, 1.82) is 0 Å². The van der Waals surface area contributed by atoms with Gasteiger partial charge in [0.25, 0.3) is 10.0 Å². The van der Waals surface area contributed by atoms with Gasteiger partial charge in [-0.3, -0.25) is 0 Å². The molecule has 0 aliphatic rings. The number of amides is 2. The summed E-state index contributed by atoms with van der Waals surface area (Å²) >= 11 is 0. The third-order valence-electron chi connectivity index (χ3n) is 3.43. The highest BCUT2D eigenvalue weighted by molar-refractivity contribution is 7.90. The van der Waals surface area contributed by atoms with E-state index in [1.54, 1.807) is 4.72 Å². The summed E-state index contributed by atoms with van der Waals surface area (Å²) in [6.45, 7) is -0.404. The molecule has 2 N–H and O–H groups in total. The number of carbonyl (C=O) groups excluding carboxylic acids is 1. The lowest BCUT2D eigenvalue weighted by Gasteiger charge is -2.11. The van der Waals surface area contributed by atoms with E-state index in [-0.39, 0.29) is 5.56 Å². The van der Waals surface area contributed by atoms with Crippen LogP contribution in [0.15, 0.2) is 53.4 Å². The number of nitrogens with one attached hydrogen (secondary N) is 2. The van der Waals surface area contributed by atoms with E-state index < -0.39 is 51.0 Å². The van der Waals surface area contributed by atoms with Crippen LogP contribution in [0.5, 0.6) is 0 Å². The third-order valence-corrected chi connectivity index (χ3v) is 4.77. The molecule has 152 valence electrons. The second-order valence-corrected chi connectivity index (χ2v) is 7.19. The van der Waals surface area contributed by atoms with Crippen LogP contribution in [0, 0.1) is 0 Å². The van der Waals surface area contributed by atoms with Crippen LogP contribution in [0.3, 0.4) is 0 Å². The number of hydrogen-bond acceptors (Lipinski definition) is 3. The predicted molar refractivity (Wildman–Crippen MR) is 85.4 cm³/mol. The first-order chi connectivity index (χ1) is 12.8. The SMILES string of the molecule is O=C(NCc1cccc(C(F)(F)F)c1)NS(=O)(=O)c1ccc(C(F)(F)F)cc1. The van der Waals surface area contributed by atoms with Gasteiger partial charge in [-0.05, 0) is 42.0 Å². The fourth-order valence-corrected chi connectivity index (χ4v) is 3.01. The van der Waals surface area contributed by atoms with Gasteiger partial charge in [-0.25, -0.2) is 17.9 Å². The van der Waals surface area contributed by atoms with E-state index in [0.29, 0.717) is 24.3 Å². The van der Waals surface area contributed by atoms with Crippen molar-refractivity contribution in [3.05, 3.63) is 65.2 Å². The lowest BCUT2D eigenvalue weighted by molar-refractivity contribution is -0.138. The van der Waals surface area contributed by atoms with Gasteiger partial charge in [-0.15, -0.1) is 0 Å². The molecule has 0 radical (unpaired) electrons. The molecule has 0 saturated carbocycles. The van der Waals surface area contributed by atoms with Gasteiger partial charge in [0.05, 0.1) is 16.0 Å². The Morgan fingerprint density at radius 2 is 1.43 bits per heavy atom. The summed E-state index contributed by atoms with van der Waals surface area (Å²) in [6, 6.07) is 5.19. The number of rotatable bonds is 4. The minimum Gasteiger partial charge on any atom is -0.333 e. The Labute approximate surface area is 155 Å². The van der Waals surface area contributed by atoms with E-state index in [1.165, 1.54) is 6.07 Å². The molecule has 0 fully saturated rings. The Morgan fingerprint density at radius 1 is 0.857 bits per heavy atom. The molecule has 0 atom stereocenters. The molecular formula is C16H12F6N2O3S. The van der Waals surface area contributed by atoms with Crippen molar-refractivity contribution in [2.45, 2.75) is 23.8 Å². The molecule has 0 bridgehead atoms. The predicted octanol–water partition coefficient (Wildman–Crippen LogP) is 3.91. The van der Waals surface area contributed by atoms with E-state index in [2.05, 4.69) is 5.32 Å². The lowest BCUT2D eigenvalue weighted by Crippen LogP contribution is -2.39. The molecule has 5 nitrogen and oxygen atoms in total. The number of benzene rings is 2. The van der Waals surface area contributed by atoms with Gasteiger partial charge < -0.3 is 5.32 Å². The third kappa shape index (κ3) is 5.62. The minimum absolute atomic E-state index is 0.0666. The molecule has 0 aromatic heterocycles. The Hall–Kier alpha value is -2.76. The van der Waals surface area contributed by atoms with Gasteiger partial charge in [0, 0.05) is 6.54 Å². The molecule has 2 rings (SSSR count). The van der Waals surface area contributed by atoms with Crippen LogP contribution < -0.4 is 10.0 Å². The molecule has 2 aromatic carbocycles. The number of alkyl halides is 6.